The van der Waals surface area contributed by atoms with E-state index in [1.165, 1.54) is 38.2 Å². The zero-order chi connectivity index (χ0) is 13.1. The zero-order valence-electron chi connectivity index (χ0n) is 11.3. The third-order valence-corrected chi connectivity index (χ3v) is 4.17. The molecule has 1 fully saturated rings. The smallest absolute Gasteiger partial charge is 0.119 e. The first-order valence-electron chi connectivity index (χ1n) is 6.83. The van der Waals surface area contributed by atoms with Gasteiger partial charge in [0.05, 0.1) is 0 Å². The second-order valence-corrected chi connectivity index (χ2v) is 5.42. The molecule has 0 saturated heterocycles. The van der Waals surface area contributed by atoms with E-state index in [1.54, 1.807) is 12.1 Å². The number of hydrogen-bond donors (Lipinski definition) is 2. The lowest BCUT2D eigenvalue weighted by molar-refractivity contribution is 0.146. The van der Waals surface area contributed by atoms with Crippen LogP contribution >= 0.6 is 0 Å². The quantitative estimate of drug-likeness (QED) is 0.862. The minimum absolute atomic E-state index is 0.133. The van der Waals surface area contributed by atoms with E-state index in [4.69, 9.17) is 0 Å². The number of hydrogen-bond acceptors (Lipinski definition) is 3. The molecule has 1 aliphatic carbocycles. The van der Waals surface area contributed by atoms with E-state index >= 15 is 0 Å². The van der Waals surface area contributed by atoms with Gasteiger partial charge in [0.2, 0.25) is 0 Å². The topological polar surface area (TPSA) is 43.7 Å². The summed E-state index contributed by atoms with van der Waals surface area (Å²) in [5, 5.41) is 19.1. The molecule has 100 valence electrons. The molecule has 0 amide bonds. The predicted molar refractivity (Wildman–Crippen MR) is 72.8 cm³/mol. The Kier molecular flexibility index (Phi) is 4.12. The van der Waals surface area contributed by atoms with E-state index in [2.05, 4.69) is 18.9 Å². The van der Waals surface area contributed by atoms with E-state index < -0.39 is 0 Å². The molecule has 2 N–H and O–H groups in total. The summed E-state index contributed by atoms with van der Waals surface area (Å²) < 4.78 is 0. The van der Waals surface area contributed by atoms with Crippen molar-refractivity contribution in [3.8, 4) is 11.5 Å². The number of nitrogens with zero attached hydrogens (tertiary/aromatic N) is 1. The van der Waals surface area contributed by atoms with Crippen molar-refractivity contribution in [2.24, 2.45) is 0 Å². The van der Waals surface area contributed by atoms with Gasteiger partial charge in [-0.2, -0.15) is 0 Å². The normalized spacial score (nSPS) is 19.1. The van der Waals surface area contributed by atoms with Gasteiger partial charge in [0.15, 0.2) is 0 Å². The minimum atomic E-state index is 0.133. The minimum Gasteiger partial charge on any atom is -0.508 e. The maximum absolute atomic E-state index is 9.56. The van der Waals surface area contributed by atoms with Crippen molar-refractivity contribution in [3.05, 3.63) is 23.8 Å². The van der Waals surface area contributed by atoms with Crippen LogP contribution in [0.15, 0.2) is 18.2 Å². The third-order valence-electron chi connectivity index (χ3n) is 4.17. The van der Waals surface area contributed by atoms with Crippen LogP contribution in [0, 0.1) is 0 Å². The Balaban J connectivity index is 2.11. The average molecular weight is 249 g/mol. The molecule has 3 heteroatoms. The molecule has 1 aromatic carbocycles. The molecule has 1 aromatic rings. The van der Waals surface area contributed by atoms with Gasteiger partial charge in [-0.05, 0) is 44.5 Å². The lowest BCUT2D eigenvalue weighted by Crippen LogP contribution is -2.35. The van der Waals surface area contributed by atoms with Gasteiger partial charge in [0.1, 0.15) is 11.5 Å². The van der Waals surface area contributed by atoms with Crippen LogP contribution in [0.4, 0.5) is 0 Å². The molecule has 1 atom stereocenters. The Bertz CT molecular complexity index is 379. The van der Waals surface area contributed by atoms with Crippen LogP contribution < -0.4 is 0 Å². The molecule has 1 unspecified atom stereocenters. The molecule has 0 radical (unpaired) electrons. The maximum Gasteiger partial charge on any atom is 0.119 e. The summed E-state index contributed by atoms with van der Waals surface area (Å²) in [5.41, 5.74) is 0.973. The monoisotopic (exact) mass is 249 g/mol. The van der Waals surface area contributed by atoms with Crippen molar-refractivity contribution in [2.45, 2.75) is 51.1 Å². The Morgan fingerprint density at radius 2 is 1.61 bits per heavy atom. The Labute approximate surface area is 109 Å². The zero-order valence-corrected chi connectivity index (χ0v) is 11.3. The van der Waals surface area contributed by atoms with Gasteiger partial charge in [-0.1, -0.05) is 19.3 Å². The first kappa shape index (κ1) is 13.2. The molecular formula is C15H23NO2. The van der Waals surface area contributed by atoms with E-state index in [-0.39, 0.29) is 17.5 Å². The number of aromatic hydroxyl groups is 2. The summed E-state index contributed by atoms with van der Waals surface area (Å²) in [6.45, 7) is 2.13. The highest BCUT2D eigenvalue weighted by Gasteiger charge is 2.23. The van der Waals surface area contributed by atoms with Crippen molar-refractivity contribution >= 4 is 0 Å². The summed E-state index contributed by atoms with van der Waals surface area (Å²) in [7, 11) is 2.14. The summed E-state index contributed by atoms with van der Waals surface area (Å²) >= 11 is 0. The molecular weight excluding hydrogens is 226 g/mol. The molecule has 0 aromatic heterocycles. The van der Waals surface area contributed by atoms with Crippen molar-refractivity contribution in [3.63, 3.8) is 0 Å². The van der Waals surface area contributed by atoms with Crippen LogP contribution in [-0.4, -0.2) is 28.2 Å². The Morgan fingerprint density at radius 1 is 1.06 bits per heavy atom. The van der Waals surface area contributed by atoms with Gasteiger partial charge >= 0.3 is 0 Å². The SMILES string of the molecule is CC(c1cc(O)cc(O)c1)N(C)C1CCCCC1. The molecule has 1 aliphatic rings. The number of benzene rings is 1. The van der Waals surface area contributed by atoms with Gasteiger partial charge in [0, 0.05) is 18.2 Å². The van der Waals surface area contributed by atoms with Crippen LogP contribution in [0.3, 0.4) is 0 Å². The second-order valence-electron chi connectivity index (χ2n) is 5.42. The van der Waals surface area contributed by atoms with Crippen molar-refractivity contribution < 1.29 is 10.2 Å². The van der Waals surface area contributed by atoms with Crippen LogP contribution in [0.25, 0.3) is 0 Å². The first-order valence-corrected chi connectivity index (χ1v) is 6.83. The standard InChI is InChI=1S/C15H23NO2/c1-11(12-8-14(17)10-15(18)9-12)16(2)13-6-4-3-5-7-13/h8-11,13,17-18H,3-7H2,1-2H3. The van der Waals surface area contributed by atoms with E-state index in [0.717, 1.165) is 5.56 Å². The Hall–Kier alpha value is -1.22. The summed E-state index contributed by atoms with van der Waals surface area (Å²) in [5.74, 6) is 0.266. The van der Waals surface area contributed by atoms with Crippen LogP contribution in [0.2, 0.25) is 0 Å². The van der Waals surface area contributed by atoms with E-state index in [1.807, 2.05) is 0 Å². The molecule has 18 heavy (non-hydrogen) atoms. The Morgan fingerprint density at radius 3 is 2.17 bits per heavy atom. The molecule has 0 heterocycles. The molecule has 0 bridgehead atoms. The highest BCUT2D eigenvalue weighted by atomic mass is 16.3. The van der Waals surface area contributed by atoms with Crippen molar-refractivity contribution in [1.29, 1.82) is 0 Å². The second kappa shape index (κ2) is 5.61. The molecule has 0 spiro atoms. The van der Waals surface area contributed by atoms with Crippen LogP contribution in [-0.2, 0) is 0 Å². The fraction of sp³-hybridized carbons (Fsp3) is 0.600. The molecule has 1 saturated carbocycles. The fourth-order valence-corrected chi connectivity index (χ4v) is 2.90. The molecule has 2 rings (SSSR count). The van der Waals surface area contributed by atoms with Gasteiger partial charge in [-0.3, -0.25) is 4.90 Å². The van der Waals surface area contributed by atoms with Gasteiger partial charge in [-0.25, -0.2) is 0 Å². The van der Waals surface area contributed by atoms with Crippen molar-refractivity contribution in [1.82, 2.24) is 4.90 Å². The summed E-state index contributed by atoms with van der Waals surface area (Å²) in [6, 6.07) is 5.69. The molecule has 0 aliphatic heterocycles. The number of phenolic OH excluding ortho intramolecular Hbond substituents is 2. The van der Waals surface area contributed by atoms with Crippen LogP contribution in [0.5, 0.6) is 11.5 Å². The fourth-order valence-electron chi connectivity index (χ4n) is 2.90. The molecule has 3 nitrogen and oxygen atoms in total. The summed E-state index contributed by atoms with van der Waals surface area (Å²) in [6.07, 6.45) is 6.49. The van der Waals surface area contributed by atoms with Gasteiger partial charge in [-0.15, -0.1) is 0 Å². The van der Waals surface area contributed by atoms with Crippen LogP contribution in [0.1, 0.15) is 50.6 Å². The summed E-state index contributed by atoms with van der Waals surface area (Å²) in [4.78, 5) is 2.37. The first-order chi connectivity index (χ1) is 8.58. The van der Waals surface area contributed by atoms with E-state index in [9.17, 15) is 10.2 Å². The largest absolute Gasteiger partial charge is 0.508 e. The lowest BCUT2D eigenvalue weighted by atomic mass is 9.92. The van der Waals surface area contributed by atoms with Crippen molar-refractivity contribution in [2.75, 3.05) is 7.05 Å². The predicted octanol–water partition coefficient (Wildman–Crippen LogP) is 3.42. The van der Waals surface area contributed by atoms with Gasteiger partial charge < -0.3 is 10.2 Å². The highest BCUT2D eigenvalue weighted by molar-refractivity contribution is 5.38. The maximum atomic E-state index is 9.56. The average Bonchev–Trinajstić information content (AvgIpc) is 2.37. The third kappa shape index (κ3) is 2.96. The van der Waals surface area contributed by atoms with E-state index in [0.29, 0.717) is 6.04 Å². The lowest BCUT2D eigenvalue weighted by Gasteiger charge is -2.35. The highest BCUT2D eigenvalue weighted by Crippen LogP contribution is 2.31. The number of phenols is 2. The van der Waals surface area contributed by atoms with Gasteiger partial charge in [0.25, 0.3) is 0 Å². The number of rotatable bonds is 3.